The van der Waals surface area contributed by atoms with Crippen molar-refractivity contribution < 1.29 is 12.9 Å². The van der Waals surface area contributed by atoms with E-state index >= 15 is 0 Å². The van der Waals surface area contributed by atoms with Crippen LogP contribution in [0.25, 0.3) is 11.4 Å². The van der Waals surface area contributed by atoms with Crippen LogP contribution >= 0.6 is 0 Å². The Bertz CT molecular complexity index is 963. The van der Waals surface area contributed by atoms with E-state index in [2.05, 4.69) is 14.9 Å². The van der Waals surface area contributed by atoms with Crippen molar-refractivity contribution >= 4 is 10.0 Å². The molecule has 0 saturated heterocycles. The smallest absolute Gasteiger partial charge is 0.240 e. The first-order valence-electron chi connectivity index (χ1n) is 7.90. The molecule has 3 aromatic rings. The van der Waals surface area contributed by atoms with Crippen molar-refractivity contribution in [1.82, 2.24) is 14.9 Å². The zero-order valence-corrected chi connectivity index (χ0v) is 14.9. The Kier molecular flexibility index (Phi) is 4.96. The molecule has 0 fully saturated rings. The Morgan fingerprint density at radius 2 is 1.80 bits per heavy atom. The molecule has 0 aliphatic rings. The molecule has 6 nitrogen and oxygen atoms in total. The molecule has 1 heterocycles. The summed E-state index contributed by atoms with van der Waals surface area (Å²) in [5.74, 6) is 0.892. The van der Waals surface area contributed by atoms with Crippen molar-refractivity contribution in [2.45, 2.75) is 25.2 Å². The second kappa shape index (κ2) is 7.16. The summed E-state index contributed by atoms with van der Waals surface area (Å²) in [5, 5.41) is 3.95. The standard InChI is InChI=1S/C18H19N3O3S/c1-13-6-8-16(9-7-13)25(22,23)19-11-10-17-20-18(21-24-17)15-5-3-4-14(2)12-15/h3-9,12,19H,10-11H2,1-2H3. The van der Waals surface area contributed by atoms with Crippen LogP contribution in [0.3, 0.4) is 0 Å². The Labute approximate surface area is 147 Å². The van der Waals surface area contributed by atoms with E-state index in [4.69, 9.17) is 4.52 Å². The van der Waals surface area contributed by atoms with Crippen LogP contribution in [0, 0.1) is 13.8 Å². The lowest BCUT2D eigenvalue weighted by molar-refractivity contribution is 0.379. The van der Waals surface area contributed by atoms with E-state index in [9.17, 15) is 8.42 Å². The zero-order valence-electron chi connectivity index (χ0n) is 14.1. The van der Waals surface area contributed by atoms with Gasteiger partial charge in [-0.2, -0.15) is 4.98 Å². The maximum atomic E-state index is 12.2. The largest absolute Gasteiger partial charge is 0.339 e. The van der Waals surface area contributed by atoms with E-state index < -0.39 is 10.0 Å². The number of nitrogens with one attached hydrogen (secondary N) is 1. The van der Waals surface area contributed by atoms with Gasteiger partial charge in [-0.15, -0.1) is 0 Å². The van der Waals surface area contributed by atoms with Crippen molar-refractivity contribution in [1.29, 1.82) is 0 Å². The highest BCUT2D eigenvalue weighted by atomic mass is 32.2. The Balaban J connectivity index is 1.62. The van der Waals surface area contributed by atoms with E-state index in [1.807, 2.05) is 38.1 Å². The Hall–Kier alpha value is -2.51. The lowest BCUT2D eigenvalue weighted by Gasteiger charge is -2.05. The minimum absolute atomic E-state index is 0.186. The molecule has 130 valence electrons. The number of hydrogen-bond donors (Lipinski definition) is 1. The van der Waals surface area contributed by atoms with Gasteiger partial charge in [0.05, 0.1) is 4.90 Å². The lowest BCUT2D eigenvalue weighted by Crippen LogP contribution is -2.26. The maximum Gasteiger partial charge on any atom is 0.240 e. The number of aromatic nitrogens is 2. The van der Waals surface area contributed by atoms with Gasteiger partial charge >= 0.3 is 0 Å². The molecule has 1 N–H and O–H groups in total. The van der Waals surface area contributed by atoms with Crippen molar-refractivity contribution in [3.8, 4) is 11.4 Å². The predicted octanol–water partition coefficient (Wildman–Crippen LogP) is 2.87. The van der Waals surface area contributed by atoms with Crippen molar-refractivity contribution in [3.63, 3.8) is 0 Å². The number of aryl methyl sites for hydroxylation is 2. The normalized spacial score (nSPS) is 11.6. The first kappa shape index (κ1) is 17.3. The van der Waals surface area contributed by atoms with E-state index in [-0.39, 0.29) is 11.4 Å². The summed E-state index contributed by atoms with van der Waals surface area (Å²) in [6.07, 6.45) is 0.323. The number of hydrogen-bond acceptors (Lipinski definition) is 5. The predicted molar refractivity (Wildman–Crippen MR) is 94.5 cm³/mol. The number of nitrogens with zero attached hydrogens (tertiary/aromatic N) is 2. The van der Waals surface area contributed by atoms with Crippen LogP contribution in [-0.2, 0) is 16.4 Å². The summed E-state index contributed by atoms with van der Waals surface area (Å²) in [6.45, 7) is 4.08. The van der Waals surface area contributed by atoms with Gasteiger partial charge in [0.2, 0.25) is 21.7 Å². The van der Waals surface area contributed by atoms with Crippen molar-refractivity contribution in [2.75, 3.05) is 6.54 Å². The van der Waals surface area contributed by atoms with Gasteiger partial charge in [-0.1, -0.05) is 46.6 Å². The lowest BCUT2D eigenvalue weighted by atomic mass is 10.1. The van der Waals surface area contributed by atoms with Crippen molar-refractivity contribution in [3.05, 3.63) is 65.5 Å². The van der Waals surface area contributed by atoms with Gasteiger partial charge < -0.3 is 4.52 Å². The topological polar surface area (TPSA) is 85.1 Å². The van der Waals surface area contributed by atoms with Gasteiger partial charge in [-0.3, -0.25) is 0 Å². The Morgan fingerprint density at radius 3 is 2.52 bits per heavy atom. The van der Waals surface area contributed by atoms with Crippen LogP contribution < -0.4 is 4.72 Å². The first-order chi connectivity index (χ1) is 11.9. The summed E-state index contributed by atoms with van der Waals surface area (Å²) >= 11 is 0. The molecule has 0 saturated carbocycles. The first-order valence-corrected chi connectivity index (χ1v) is 9.38. The summed E-state index contributed by atoms with van der Waals surface area (Å²) in [4.78, 5) is 4.55. The molecular weight excluding hydrogens is 338 g/mol. The molecule has 0 unspecified atom stereocenters. The summed E-state index contributed by atoms with van der Waals surface area (Å²) < 4.78 is 32.2. The third-order valence-electron chi connectivity index (χ3n) is 3.71. The molecule has 0 amide bonds. The quantitative estimate of drug-likeness (QED) is 0.733. The van der Waals surface area contributed by atoms with Gasteiger partial charge in [0.15, 0.2) is 0 Å². The van der Waals surface area contributed by atoms with Gasteiger partial charge in [-0.25, -0.2) is 13.1 Å². The third-order valence-corrected chi connectivity index (χ3v) is 5.18. The fourth-order valence-electron chi connectivity index (χ4n) is 2.35. The fraction of sp³-hybridized carbons (Fsp3) is 0.222. The average molecular weight is 357 g/mol. The van der Waals surface area contributed by atoms with Crippen LogP contribution in [0.4, 0.5) is 0 Å². The van der Waals surface area contributed by atoms with Gasteiger partial charge in [0, 0.05) is 18.5 Å². The summed E-state index contributed by atoms with van der Waals surface area (Å²) in [6, 6.07) is 14.5. The molecule has 2 aromatic carbocycles. The molecule has 0 aliphatic heterocycles. The monoisotopic (exact) mass is 357 g/mol. The number of rotatable bonds is 6. The van der Waals surface area contributed by atoms with Crippen LogP contribution in [0.1, 0.15) is 17.0 Å². The molecule has 0 aliphatic carbocycles. The highest BCUT2D eigenvalue weighted by Gasteiger charge is 2.14. The minimum Gasteiger partial charge on any atom is -0.339 e. The minimum atomic E-state index is -3.54. The molecule has 0 spiro atoms. The molecule has 7 heteroatoms. The zero-order chi connectivity index (χ0) is 17.9. The second-order valence-corrected chi connectivity index (χ2v) is 7.61. The highest BCUT2D eigenvalue weighted by molar-refractivity contribution is 7.89. The van der Waals surface area contributed by atoms with Crippen molar-refractivity contribution in [2.24, 2.45) is 0 Å². The van der Waals surface area contributed by atoms with E-state index in [1.165, 1.54) is 0 Å². The number of benzene rings is 2. The third kappa shape index (κ3) is 4.32. The maximum absolute atomic E-state index is 12.2. The van der Waals surface area contributed by atoms with Gasteiger partial charge in [0.25, 0.3) is 0 Å². The Morgan fingerprint density at radius 1 is 1.04 bits per heavy atom. The molecule has 3 rings (SSSR count). The highest BCUT2D eigenvalue weighted by Crippen LogP contribution is 2.17. The molecule has 25 heavy (non-hydrogen) atoms. The van der Waals surface area contributed by atoms with Gasteiger partial charge in [-0.05, 0) is 32.0 Å². The van der Waals surface area contributed by atoms with E-state index in [0.717, 1.165) is 16.7 Å². The van der Waals surface area contributed by atoms with E-state index in [0.29, 0.717) is 18.1 Å². The fourth-order valence-corrected chi connectivity index (χ4v) is 3.38. The SMILES string of the molecule is Cc1ccc(S(=O)(=O)NCCc2nc(-c3cccc(C)c3)no2)cc1. The molecular formula is C18H19N3O3S. The molecule has 0 bridgehead atoms. The number of sulfonamides is 1. The second-order valence-electron chi connectivity index (χ2n) is 5.84. The van der Waals surface area contributed by atoms with Gasteiger partial charge in [0.1, 0.15) is 0 Å². The summed E-state index contributed by atoms with van der Waals surface area (Å²) in [5.41, 5.74) is 2.98. The van der Waals surface area contributed by atoms with Crippen LogP contribution in [0.2, 0.25) is 0 Å². The van der Waals surface area contributed by atoms with Crippen LogP contribution in [0.5, 0.6) is 0 Å². The average Bonchev–Trinajstić information content (AvgIpc) is 3.04. The van der Waals surface area contributed by atoms with Crippen LogP contribution in [0.15, 0.2) is 57.9 Å². The van der Waals surface area contributed by atoms with Crippen LogP contribution in [-0.4, -0.2) is 25.1 Å². The molecule has 0 atom stereocenters. The van der Waals surface area contributed by atoms with E-state index in [1.54, 1.807) is 24.3 Å². The molecule has 0 radical (unpaired) electrons. The summed E-state index contributed by atoms with van der Waals surface area (Å²) in [7, 11) is -3.54. The molecule has 1 aromatic heterocycles.